The standard InChI is InChI=1S/C26H34/c1-3-5-7-9-11-23-13-17-25(18-14-23)21-22-26-19-15-24(16-20-26)12-10-8-6-4-2/h13-20H,3-12H2,1-2H3. The van der Waals surface area contributed by atoms with Gasteiger partial charge in [-0.3, -0.25) is 0 Å². The monoisotopic (exact) mass is 346 g/mol. The molecule has 0 saturated heterocycles. The van der Waals surface area contributed by atoms with E-state index in [1.807, 2.05) is 0 Å². The fourth-order valence-electron chi connectivity index (χ4n) is 3.17. The summed E-state index contributed by atoms with van der Waals surface area (Å²) >= 11 is 0. The van der Waals surface area contributed by atoms with Gasteiger partial charge in [-0.1, -0.05) is 88.5 Å². The van der Waals surface area contributed by atoms with E-state index in [0.717, 1.165) is 11.1 Å². The van der Waals surface area contributed by atoms with E-state index in [-0.39, 0.29) is 0 Å². The van der Waals surface area contributed by atoms with Crippen LogP contribution in [-0.4, -0.2) is 0 Å². The SMILES string of the molecule is CCCCCCc1ccc(C#Cc2ccc(CCCCCC)cc2)cc1. The first-order valence-corrected chi connectivity index (χ1v) is 10.5. The quantitative estimate of drug-likeness (QED) is 0.312. The van der Waals surface area contributed by atoms with Crippen molar-refractivity contribution in [2.75, 3.05) is 0 Å². The van der Waals surface area contributed by atoms with Gasteiger partial charge < -0.3 is 0 Å². The molecule has 2 aromatic rings. The molecule has 26 heavy (non-hydrogen) atoms. The summed E-state index contributed by atoms with van der Waals surface area (Å²) < 4.78 is 0. The van der Waals surface area contributed by atoms with Crippen LogP contribution in [0.25, 0.3) is 0 Å². The summed E-state index contributed by atoms with van der Waals surface area (Å²) in [5.41, 5.74) is 5.06. The molecule has 2 rings (SSSR count). The normalized spacial score (nSPS) is 10.4. The van der Waals surface area contributed by atoms with Crippen molar-refractivity contribution in [2.45, 2.75) is 78.1 Å². The number of hydrogen-bond acceptors (Lipinski definition) is 0. The number of rotatable bonds is 10. The fraction of sp³-hybridized carbons (Fsp3) is 0.462. The molecule has 0 N–H and O–H groups in total. The van der Waals surface area contributed by atoms with Gasteiger partial charge in [0.15, 0.2) is 0 Å². The molecule has 0 unspecified atom stereocenters. The molecule has 0 atom stereocenters. The molecule has 0 amide bonds. The van der Waals surface area contributed by atoms with Crippen LogP contribution in [0.1, 0.15) is 87.5 Å². The van der Waals surface area contributed by atoms with Crippen LogP contribution in [0.5, 0.6) is 0 Å². The van der Waals surface area contributed by atoms with Crippen molar-refractivity contribution in [2.24, 2.45) is 0 Å². The van der Waals surface area contributed by atoms with E-state index in [0.29, 0.717) is 0 Å². The Morgan fingerprint density at radius 2 is 0.885 bits per heavy atom. The predicted molar refractivity (Wildman–Crippen MR) is 115 cm³/mol. The van der Waals surface area contributed by atoms with E-state index < -0.39 is 0 Å². The summed E-state index contributed by atoms with van der Waals surface area (Å²) in [5.74, 6) is 6.59. The van der Waals surface area contributed by atoms with Crippen LogP contribution < -0.4 is 0 Å². The molecule has 0 heterocycles. The maximum absolute atomic E-state index is 3.29. The first kappa shape index (κ1) is 20.3. The molecule has 0 aromatic heterocycles. The molecule has 0 fully saturated rings. The fourth-order valence-corrected chi connectivity index (χ4v) is 3.17. The predicted octanol–water partition coefficient (Wildman–Crippen LogP) is 7.33. The lowest BCUT2D eigenvalue weighted by Gasteiger charge is -2.02. The Labute approximate surface area is 161 Å². The second-order valence-electron chi connectivity index (χ2n) is 7.27. The molecular weight excluding hydrogens is 312 g/mol. The third-order valence-corrected chi connectivity index (χ3v) is 4.90. The molecule has 0 spiro atoms. The smallest absolute Gasteiger partial charge is 0.0249 e. The van der Waals surface area contributed by atoms with Crippen molar-refractivity contribution in [3.63, 3.8) is 0 Å². The molecule has 0 nitrogen and oxygen atoms in total. The van der Waals surface area contributed by atoms with Crippen LogP contribution in [0.4, 0.5) is 0 Å². The number of aryl methyl sites for hydroxylation is 2. The second-order valence-corrected chi connectivity index (χ2v) is 7.27. The lowest BCUT2D eigenvalue weighted by atomic mass is 10.0. The van der Waals surface area contributed by atoms with Gasteiger partial charge in [-0.25, -0.2) is 0 Å². The van der Waals surface area contributed by atoms with Crippen LogP contribution in [-0.2, 0) is 12.8 Å². The molecule has 0 bridgehead atoms. The highest BCUT2D eigenvalue weighted by molar-refractivity contribution is 5.44. The third-order valence-electron chi connectivity index (χ3n) is 4.90. The average molecular weight is 347 g/mol. The Morgan fingerprint density at radius 3 is 1.23 bits per heavy atom. The summed E-state index contributed by atoms with van der Waals surface area (Å²) in [7, 11) is 0. The molecule has 138 valence electrons. The van der Waals surface area contributed by atoms with Crippen molar-refractivity contribution in [3.8, 4) is 11.8 Å². The van der Waals surface area contributed by atoms with E-state index >= 15 is 0 Å². The zero-order valence-corrected chi connectivity index (χ0v) is 16.7. The van der Waals surface area contributed by atoms with Crippen LogP contribution in [0.2, 0.25) is 0 Å². The second kappa shape index (κ2) is 12.4. The zero-order chi connectivity index (χ0) is 18.5. The minimum Gasteiger partial charge on any atom is -0.0654 e. The van der Waals surface area contributed by atoms with Gasteiger partial charge in [-0.15, -0.1) is 0 Å². The summed E-state index contributed by atoms with van der Waals surface area (Å²) in [6, 6.07) is 17.6. The molecule has 0 aliphatic heterocycles. The van der Waals surface area contributed by atoms with Crippen LogP contribution in [0.15, 0.2) is 48.5 Å². The van der Waals surface area contributed by atoms with E-state index in [9.17, 15) is 0 Å². The molecule has 0 heteroatoms. The Bertz CT molecular complexity index is 605. The zero-order valence-electron chi connectivity index (χ0n) is 16.7. The first-order chi connectivity index (χ1) is 12.8. The lowest BCUT2D eigenvalue weighted by Crippen LogP contribution is -1.87. The summed E-state index contributed by atoms with van der Waals surface area (Å²) in [5, 5.41) is 0. The maximum atomic E-state index is 3.29. The van der Waals surface area contributed by atoms with Gasteiger partial charge in [0.2, 0.25) is 0 Å². The Hall–Kier alpha value is -2.00. The summed E-state index contributed by atoms with van der Waals surface area (Å²) in [6.07, 6.45) is 12.9. The molecule has 0 radical (unpaired) electrons. The maximum Gasteiger partial charge on any atom is 0.0249 e. The van der Waals surface area contributed by atoms with Gasteiger partial charge in [0.05, 0.1) is 0 Å². The molecular formula is C26H34. The highest BCUT2D eigenvalue weighted by Crippen LogP contribution is 2.11. The largest absolute Gasteiger partial charge is 0.0654 e. The van der Waals surface area contributed by atoms with Crippen molar-refractivity contribution in [1.82, 2.24) is 0 Å². The van der Waals surface area contributed by atoms with Crippen molar-refractivity contribution < 1.29 is 0 Å². The van der Waals surface area contributed by atoms with Crippen LogP contribution in [0.3, 0.4) is 0 Å². The average Bonchev–Trinajstić information content (AvgIpc) is 2.69. The highest BCUT2D eigenvalue weighted by atomic mass is 14.0. The van der Waals surface area contributed by atoms with Gasteiger partial charge in [0, 0.05) is 11.1 Å². The first-order valence-electron chi connectivity index (χ1n) is 10.5. The van der Waals surface area contributed by atoms with Crippen molar-refractivity contribution in [3.05, 3.63) is 70.8 Å². The minimum absolute atomic E-state index is 1.10. The van der Waals surface area contributed by atoms with Gasteiger partial charge in [-0.2, -0.15) is 0 Å². The van der Waals surface area contributed by atoms with E-state index in [1.165, 1.54) is 75.3 Å². The summed E-state index contributed by atoms with van der Waals surface area (Å²) in [6.45, 7) is 4.52. The van der Waals surface area contributed by atoms with Gasteiger partial charge in [0.25, 0.3) is 0 Å². The van der Waals surface area contributed by atoms with Crippen LogP contribution >= 0.6 is 0 Å². The minimum atomic E-state index is 1.10. The highest BCUT2D eigenvalue weighted by Gasteiger charge is 1.96. The number of unbranched alkanes of at least 4 members (excludes halogenated alkanes) is 6. The van der Waals surface area contributed by atoms with E-state index in [1.54, 1.807) is 0 Å². The molecule has 0 aliphatic rings. The van der Waals surface area contributed by atoms with Gasteiger partial charge in [0.1, 0.15) is 0 Å². The van der Waals surface area contributed by atoms with Gasteiger partial charge in [-0.05, 0) is 61.1 Å². The van der Waals surface area contributed by atoms with E-state index in [4.69, 9.17) is 0 Å². The summed E-state index contributed by atoms with van der Waals surface area (Å²) in [4.78, 5) is 0. The molecule has 0 aliphatic carbocycles. The molecule has 2 aromatic carbocycles. The Balaban J connectivity index is 1.82. The van der Waals surface area contributed by atoms with E-state index in [2.05, 4.69) is 74.2 Å². The van der Waals surface area contributed by atoms with Crippen LogP contribution in [0, 0.1) is 11.8 Å². The third kappa shape index (κ3) is 7.92. The molecule has 0 saturated carbocycles. The van der Waals surface area contributed by atoms with Gasteiger partial charge >= 0.3 is 0 Å². The Kier molecular flexibility index (Phi) is 9.66. The number of hydrogen-bond donors (Lipinski definition) is 0. The van der Waals surface area contributed by atoms with Crippen molar-refractivity contribution in [1.29, 1.82) is 0 Å². The topological polar surface area (TPSA) is 0 Å². The Morgan fingerprint density at radius 1 is 0.500 bits per heavy atom. The number of benzene rings is 2. The lowest BCUT2D eigenvalue weighted by molar-refractivity contribution is 0.667. The van der Waals surface area contributed by atoms with Crippen molar-refractivity contribution >= 4 is 0 Å².